The van der Waals surface area contributed by atoms with Gasteiger partial charge in [0.05, 0.1) is 17.9 Å². The Morgan fingerprint density at radius 1 is 1.21 bits per heavy atom. The Morgan fingerprint density at radius 3 is 2.67 bits per heavy atom. The standard InChI is InChI=1S/C26H34BNO5/c1-4-12-28-25(30)19-14-17(5-2)23-20(24(19)26(28)31)15-27(32)33-22(23)11-10-16(3)13-18-8-6-7-9-21(18)29/h6-9,13,19-20,22,24,29,32H,4-5,10-12,14-15H2,1-3H3/b16-13+/t19-,20+,22-,24-/m1/s1. The number of likely N-dealkylation sites (tertiary alicyclic amines) is 1. The van der Waals surface area contributed by atoms with Crippen molar-refractivity contribution in [2.75, 3.05) is 6.54 Å². The van der Waals surface area contributed by atoms with Crippen LogP contribution in [0.1, 0.15) is 58.4 Å². The third kappa shape index (κ3) is 4.53. The number of hydrogen-bond acceptors (Lipinski definition) is 5. The Hall–Kier alpha value is -2.38. The van der Waals surface area contributed by atoms with Crippen molar-refractivity contribution in [3.63, 3.8) is 0 Å². The van der Waals surface area contributed by atoms with E-state index in [1.165, 1.54) is 10.5 Å². The highest BCUT2D eigenvalue weighted by Crippen LogP contribution is 2.51. The van der Waals surface area contributed by atoms with Gasteiger partial charge in [-0.25, -0.2) is 0 Å². The molecule has 1 aromatic rings. The van der Waals surface area contributed by atoms with E-state index in [4.69, 9.17) is 4.65 Å². The number of rotatable bonds is 7. The van der Waals surface area contributed by atoms with Gasteiger partial charge in [0, 0.05) is 12.1 Å². The van der Waals surface area contributed by atoms with Crippen molar-refractivity contribution < 1.29 is 24.4 Å². The molecule has 3 aliphatic rings. The molecule has 2 N–H and O–H groups in total. The number of imide groups is 1. The molecule has 0 radical (unpaired) electrons. The van der Waals surface area contributed by atoms with E-state index in [0.717, 1.165) is 36.0 Å². The lowest BCUT2D eigenvalue weighted by Crippen LogP contribution is -2.46. The van der Waals surface area contributed by atoms with Gasteiger partial charge in [-0.3, -0.25) is 14.5 Å². The zero-order valence-corrected chi connectivity index (χ0v) is 19.8. The number of hydrogen-bond donors (Lipinski definition) is 2. The van der Waals surface area contributed by atoms with Gasteiger partial charge in [-0.15, -0.1) is 0 Å². The fraction of sp³-hybridized carbons (Fsp3) is 0.538. The average molecular weight is 451 g/mol. The summed E-state index contributed by atoms with van der Waals surface area (Å²) in [4.78, 5) is 27.7. The van der Waals surface area contributed by atoms with E-state index in [9.17, 15) is 19.7 Å². The molecule has 2 aliphatic heterocycles. The first-order valence-electron chi connectivity index (χ1n) is 12.2. The number of amides is 2. The van der Waals surface area contributed by atoms with Gasteiger partial charge in [0.1, 0.15) is 5.75 Å². The molecule has 0 bridgehead atoms. The summed E-state index contributed by atoms with van der Waals surface area (Å²) >= 11 is 0. The number of aromatic hydroxyl groups is 1. The second-order valence-corrected chi connectivity index (χ2v) is 9.59. The molecule has 0 aromatic heterocycles. The van der Waals surface area contributed by atoms with Crippen molar-refractivity contribution in [2.24, 2.45) is 17.8 Å². The van der Waals surface area contributed by atoms with Gasteiger partial charge in [0.25, 0.3) is 0 Å². The summed E-state index contributed by atoms with van der Waals surface area (Å²) < 4.78 is 6.01. The third-order valence-corrected chi connectivity index (χ3v) is 7.41. The van der Waals surface area contributed by atoms with Crippen molar-refractivity contribution in [3.8, 4) is 5.75 Å². The smallest absolute Gasteiger partial charge is 0.455 e. The quantitative estimate of drug-likeness (QED) is 0.369. The van der Waals surface area contributed by atoms with Gasteiger partial charge in [-0.1, -0.05) is 49.3 Å². The molecule has 6 nitrogen and oxygen atoms in total. The molecule has 4 rings (SSSR count). The van der Waals surface area contributed by atoms with Crippen LogP contribution in [0.4, 0.5) is 0 Å². The Morgan fingerprint density at radius 2 is 1.97 bits per heavy atom. The third-order valence-electron chi connectivity index (χ3n) is 7.41. The second-order valence-electron chi connectivity index (χ2n) is 9.59. The van der Waals surface area contributed by atoms with Crippen molar-refractivity contribution in [3.05, 3.63) is 46.5 Å². The predicted molar refractivity (Wildman–Crippen MR) is 128 cm³/mol. The molecule has 0 spiro atoms. The van der Waals surface area contributed by atoms with Crippen LogP contribution in [0.25, 0.3) is 6.08 Å². The highest BCUT2D eigenvalue weighted by molar-refractivity contribution is 6.43. The first-order valence-corrected chi connectivity index (χ1v) is 12.2. The Labute approximate surface area is 196 Å². The number of phenols is 1. The molecule has 2 fully saturated rings. The Bertz CT molecular complexity index is 987. The number of allylic oxidation sites excluding steroid dienone is 2. The van der Waals surface area contributed by atoms with Crippen molar-refractivity contribution in [1.29, 1.82) is 0 Å². The monoisotopic (exact) mass is 451 g/mol. The zero-order chi connectivity index (χ0) is 23.7. The fourth-order valence-electron chi connectivity index (χ4n) is 5.92. The molecular formula is C26H34BNO5. The number of carbonyl (C=O) groups is 2. The first-order chi connectivity index (χ1) is 15.8. The summed E-state index contributed by atoms with van der Waals surface area (Å²) in [6, 6.07) is 7.23. The van der Waals surface area contributed by atoms with E-state index in [1.54, 1.807) is 12.1 Å². The summed E-state index contributed by atoms with van der Waals surface area (Å²) in [5.41, 5.74) is 4.22. The maximum atomic E-state index is 13.2. The van der Waals surface area contributed by atoms with Gasteiger partial charge >= 0.3 is 7.12 Å². The predicted octanol–water partition coefficient (Wildman–Crippen LogP) is 4.19. The molecule has 2 heterocycles. The Balaban J connectivity index is 1.58. The number of fused-ring (bicyclic) bond motifs is 3. The maximum absolute atomic E-state index is 13.2. The summed E-state index contributed by atoms with van der Waals surface area (Å²) in [6.45, 7) is 6.56. The van der Waals surface area contributed by atoms with Crippen molar-refractivity contribution >= 4 is 25.0 Å². The lowest BCUT2D eigenvalue weighted by atomic mass is 9.58. The van der Waals surface area contributed by atoms with Crippen LogP contribution in [0.2, 0.25) is 6.32 Å². The molecule has 0 unspecified atom stereocenters. The van der Waals surface area contributed by atoms with E-state index in [0.29, 0.717) is 25.7 Å². The highest BCUT2D eigenvalue weighted by atomic mass is 16.5. The number of nitrogens with zero attached hydrogens (tertiary/aromatic N) is 1. The van der Waals surface area contributed by atoms with Crippen LogP contribution < -0.4 is 0 Å². The fourth-order valence-corrected chi connectivity index (χ4v) is 5.92. The summed E-state index contributed by atoms with van der Waals surface area (Å²) in [6.07, 6.45) is 5.66. The molecule has 176 valence electrons. The molecule has 2 amide bonds. The van der Waals surface area contributed by atoms with E-state index in [1.807, 2.05) is 32.1 Å². The van der Waals surface area contributed by atoms with Crippen LogP contribution in [-0.4, -0.2) is 46.6 Å². The van der Waals surface area contributed by atoms with Crippen LogP contribution in [0.3, 0.4) is 0 Å². The maximum Gasteiger partial charge on any atom is 0.455 e. The average Bonchev–Trinajstić information content (AvgIpc) is 3.03. The topological polar surface area (TPSA) is 87.1 Å². The highest BCUT2D eigenvalue weighted by Gasteiger charge is 2.56. The van der Waals surface area contributed by atoms with Crippen LogP contribution in [0.5, 0.6) is 5.75 Å². The van der Waals surface area contributed by atoms with Gasteiger partial charge in [-0.05, 0) is 62.9 Å². The van der Waals surface area contributed by atoms with Crippen LogP contribution >= 0.6 is 0 Å². The van der Waals surface area contributed by atoms with Crippen LogP contribution in [-0.2, 0) is 14.2 Å². The molecular weight excluding hydrogens is 417 g/mol. The minimum atomic E-state index is -0.939. The van der Waals surface area contributed by atoms with Gasteiger partial charge in [-0.2, -0.15) is 0 Å². The largest absolute Gasteiger partial charge is 0.507 e. The van der Waals surface area contributed by atoms with E-state index in [-0.39, 0.29) is 41.4 Å². The van der Waals surface area contributed by atoms with Crippen LogP contribution in [0, 0.1) is 17.8 Å². The van der Waals surface area contributed by atoms with Crippen molar-refractivity contribution in [1.82, 2.24) is 4.90 Å². The molecule has 1 aromatic carbocycles. The SMILES string of the molecule is CCCN1C(=O)[C@@H]2[C@@H](CC(CC)=C3[C@@H](CC/C(C)=C/c4ccccc4O)OB(O)C[C@@H]32)C1=O. The first kappa shape index (κ1) is 23.8. The van der Waals surface area contributed by atoms with E-state index in [2.05, 4.69) is 6.92 Å². The molecule has 1 aliphatic carbocycles. The van der Waals surface area contributed by atoms with Crippen molar-refractivity contribution in [2.45, 2.75) is 65.3 Å². The van der Waals surface area contributed by atoms with Gasteiger partial charge < -0.3 is 14.8 Å². The number of carbonyl (C=O) groups excluding carboxylic acids is 2. The molecule has 0 saturated carbocycles. The molecule has 4 atom stereocenters. The number of para-hydroxylation sites is 1. The van der Waals surface area contributed by atoms with E-state index < -0.39 is 7.12 Å². The lowest BCUT2D eigenvalue weighted by Gasteiger charge is -2.43. The molecule has 7 heteroatoms. The lowest BCUT2D eigenvalue weighted by molar-refractivity contribution is -0.140. The van der Waals surface area contributed by atoms with Gasteiger partial charge in [0.15, 0.2) is 0 Å². The zero-order valence-electron chi connectivity index (χ0n) is 19.8. The van der Waals surface area contributed by atoms with Gasteiger partial charge in [0.2, 0.25) is 11.8 Å². The Kier molecular flexibility index (Phi) is 7.10. The normalized spacial score (nSPS) is 27.8. The minimum absolute atomic E-state index is 0.0455. The number of phenolic OH excluding ortho intramolecular Hbond substituents is 1. The summed E-state index contributed by atoms with van der Waals surface area (Å²) in [5.74, 6) is -0.705. The summed E-state index contributed by atoms with van der Waals surface area (Å²) in [5, 5.41) is 20.6. The number of benzene rings is 1. The van der Waals surface area contributed by atoms with Crippen LogP contribution in [0.15, 0.2) is 41.0 Å². The minimum Gasteiger partial charge on any atom is -0.507 e. The van der Waals surface area contributed by atoms with E-state index >= 15 is 0 Å². The summed E-state index contributed by atoms with van der Waals surface area (Å²) in [7, 11) is -0.939. The second kappa shape index (κ2) is 9.86. The molecule has 2 saturated heterocycles. The molecule has 33 heavy (non-hydrogen) atoms.